The third-order valence-electron chi connectivity index (χ3n) is 3.35. The topological polar surface area (TPSA) is 75.1 Å². The molecule has 0 aliphatic heterocycles. The van der Waals surface area contributed by atoms with E-state index in [0.29, 0.717) is 11.3 Å². The molecule has 1 aromatic carbocycles. The number of hydrogen-bond acceptors (Lipinski definition) is 4. The average molecular weight is 305 g/mol. The fourth-order valence-corrected chi connectivity index (χ4v) is 2.09. The van der Waals surface area contributed by atoms with E-state index in [1.54, 1.807) is 42.6 Å². The lowest BCUT2D eigenvalue weighted by atomic mass is 10.2. The van der Waals surface area contributed by atoms with Gasteiger partial charge < -0.3 is 10.4 Å². The normalized spacial score (nSPS) is 10.3. The number of aliphatic hydroxyl groups excluding tert-OH is 1. The van der Waals surface area contributed by atoms with Gasteiger partial charge in [0.05, 0.1) is 23.6 Å². The summed E-state index contributed by atoms with van der Waals surface area (Å²) in [5.41, 5.74) is 3.41. The maximum Gasteiger partial charge on any atom is 0.257 e. The second-order valence-corrected chi connectivity index (χ2v) is 4.96. The predicted octanol–water partition coefficient (Wildman–Crippen LogP) is 2.89. The van der Waals surface area contributed by atoms with Crippen molar-refractivity contribution in [2.75, 3.05) is 5.32 Å². The van der Waals surface area contributed by atoms with E-state index < -0.39 is 0 Å². The van der Waals surface area contributed by atoms with E-state index in [1.165, 1.54) is 6.20 Å². The minimum atomic E-state index is -0.234. The molecule has 0 bridgehead atoms. The van der Waals surface area contributed by atoms with E-state index in [-0.39, 0.29) is 12.5 Å². The van der Waals surface area contributed by atoms with Crippen LogP contribution in [0.3, 0.4) is 0 Å². The van der Waals surface area contributed by atoms with Crippen molar-refractivity contribution in [1.82, 2.24) is 9.97 Å². The zero-order valence-electron chi connectivity index (χ0n) is 12.3. The molecule has 0 aliphatic rings. The molecular formula is C18H15N3O2. The highest BCUT2D eigenvalue weighted by Gasteiger charge is 2.08. The molecule has 3 rings (SSSR count). The summed E-state index contributed by atoms with van der Waals surface area (Å²) in [4.78, 5) is 20.7. The summed E-state index contributed by atoms with van der Waals surface area (Å²) in [6, 6.07) is 16.1. The number of carbonyl (C=O) groups excluding carboxylic acids is 1. The number of anilines is 1. The molecule has 0 atom stereocenters. The summed E-state index contributed by atoms with van der Waals surface area (Å²) in [6.45, 7) is -0.0207. The fourth-order valence-electron chi connectivity index (χ4n) is 2.09. The Morgan fingerprint density at radius 3 is 2.35 bits per heavy atom. The standard InChI is InChI=1S/C18H15N3O2/c22-12-13-4-7-15(8-5-13)21-18(23)14-6-9-17(20-11-14)16-3-1-2-10-19-16/h1-11,22H,12H2,(H,21,23). The van der Waals surface area contributed by atoms with E-state index >= 15 is 0 Å². The van der Waals surface area contributed by atoms with E-state index in [1.807, 2.05) is 18.2 Å². The van der Waals surface area contributed by atoms with Crippen molar-refractivity contribution >= 4 is 11.6 Å². The average Bonchev–Trinajstić information content (AvgIpc) is 2.63. The molecule has 0 spiro atoms. The number of carbonyl (C=O) groups is 1. The van der Waals surface area contributed by atoms with Crippen LogP contribution in [0.4, 0.5) is 5.69 Å². The summed E-state index contributed by atoms with van der Waals surface area (Å²) in [7, 11) is 0. The number of amides is 1. The lowest BCUT2D eigenvalue weighted by molar-refractivity contribution is 0.102. The lowest BCUT2D eigenvalue weighted by Crippen LogP contribution is -2.12. The smallest absolute Gasteiger partial charge is 0.257 e. The molecule has 0 radical (unpaired) electrons. The monoisotopic (exact) mass is 305 g/mol. The number of aromatic nitrogens is 2. The molecule has 3 aromatic rings. The third-order valence-corrected chi connectivity index (χ3v) is 3.35. The molecule has 0 saturated carbocycles. The van der Waals surface area contributed by atoms with Gasteiger partial charge in [-0.3, -0.25) is 14.8 Å². The van der Waals surface area contributed by atoms with Crippen LogP contribution in [0.25, 0.3) is 11.4 Å². The minimum absolute atomic E-state index is 0.0207. The summed E-state index contributed by atoms with van der Waals surface area (Å²) >= 11 is 0. The van der Waals surface area contributed by atoms with Crippen LogP contribution >= 0.6 is 0 Å². The van der Waals surface area contributed by atoms with Crippen LogP contribution in [0.5, 0.6) is 0 Å². The first kappa shape index (κ1) is 14.9. The Morgan fingerprint density at radius 2 is 1.74 bits per heavy atom. The maximum atomic E-state index is 12.2. The Bertz CT molecular complexity index is 785. The Hall–Kier alpha value is -3.05. The molecule has 0 fully saturated rings. The highest BCUT2D eigenvalue weighted by Crippen LogP contribution is 2.15. The number of hydrogen-bond donors (Lipinski definition) is 2. The summed E-state index contributed by atoms with van der Waals surface area (Å²) in [6.07, 6.45) is 3.23. The number of pyridine rings is 2. The molecule has 0 unspecified atom stereocenters. The van der Waals surface area contributed by atoms with Gasteiger partial charge in [-0.15, -0.1) is 0 Å². The molecule has 5 heteroatoms. The predicted molar refractivity (Wildman–Crippen MR) is 87.8 cm³/mol. The van der Waals surface area contributed by atoms with Crippen LogP contribution in [0, 0.1) is 0 Å². The highest BCUT2D eigenvalue weighted by molar-refractivity contribution is 6.04. The van der Waals surface area contributed by atoms with Gasteiger partial charge in [-0.05, 0) is 42.0 Å². The Kier molecular flexibility index (Phi) is 4.40. The first-order valence-electron chi connectivity index (χ1n) is 7.15. The van der Waals surface area contributed by atoms with Crippen LogP contribution in [0.1, 0.15) is 15.9 Å². The fraction of sp³-hybridized carbons (Fsp3) is 0.0556. The van der Waals surface area contributed by atoms with Gasteiger partial charge in [0.1, 0.15) is 0 Å². The largest absolute Gasteiger partial charge is 0.392 e. The summed E-state index contributed by atoms with van der Waals surface area (Å²) in [5, 5.41) is 11.8. The van der Waals surface area contributed by atoms with Gasteiger partial charge in [-0.25, -0.2) is 0 Å². The zero-order chi connectivity index (χ0) is 16.1. The minimum Gasteiger partial charge on any atom is -0.392 e. The highest BCUT2D eigenvalue weighted by atomic mass is 16.3. The van der Waals surface area contributed by atoms with Gasteiger partial charge in [0.25, 0.3) is 5.91 Å². The number of nitrogens with zero attached hydrogens (tertiary/aromatic N) is 2. The Labute approximate surface area is 133 Å². The second-order valence-electron chi connectivity index (χ2n) is 4.96. The molecule has 2 N–H and O–H groups in total. The molecular weight excluding hydrogens is 290 g/mol. The first-order valence-corrected chi connectivity index (χ1v) is 7.15. The van der Waals surface area contributed by atoms with E-state index in [9.17, 15) is 4.79 Å². The lowest BCUT2D eigenvalue weighted by Gasteiger charge is -2.06. The van der Waals surface area contributed by atoms with Crippen LogP contribution in [0.2, 0.25) is 0 Å². The molecule has 2 heterocycles. The molecule has 0 saturated heterocycles. The van der Waals surface area contributed by atoms with Gasteiger partial charge in [-0.1, -0.05) is 18.2 Å². The number of benzene rings is 1. The number of nitrogens with one attached hydrogen (secondary N) is 1. The SMILES string of the molecule is O=C(Nc1ccc(CO)cc1)c1ccc(-c2ccccn2)nc1. The van der Waals surface area contributed by atoms with Crippen molar-refractivity contribution in [2.45, 2.75) is 6.61 Å². The number of aliphatic hydroxyl groups is 1. The van der Waals surface area contributed by atoms with Crippen molar-refractivity contribution in [2.24, 2.45) is 0 Å². The van der Waals surface area contributed by atoms with E-state index in [2.05, 4.69) is 15.3 Å². The molecule has 23 heavy (non-hydrogen) atoms. The van der Waals surface area contributed by atoms with Crippen molar-refractivity contribution in [3.63, 3.8) is 0 Å². The van der Waals surface area contributed by atoms with Crippen molar-refractivity contribution < 1.29 is 9.90 Å². The van der Waals surface area contributed by atoms with Crippen LogP contribution in [0.15, 0.2) is 67.0 Å². The Balaban J connectivity index is 1.72. The molecule has 0 aliphatic carbocycles. The van der Waals surface area contributed by atoms with Gasteiger partial charge in [0.2, 0.25) is 0 Å². The first-order chi connectivity index (χ1) is 11.3. The number of rotatable bonds is 4. The van der Waals surface area contributed by atoms with Gasteiger partial charge in [0.15, 0.2) is 0 Å². The van der Waals surface area contributed by atoms with Crippen LogP contribution in [-0.2, 0) is 6.61 Å². The maximum absolute atomic E-state index is 12.2. The quantitative estimate of drug-likeness (QED) is 0.777. The summed E-state index contributed by atoms with van der Waals surface area (Å²) in [5.74, 6) is -0.234. The van der Waals surface area contributed by atoms with Gasteiger partial charge >= 0.3 is 0 Å². The van der Waals surface area contributed by atoms with Crippen molar-refractivity contribution in [3.05, 3.63) is 78.1 Å². The summed E-state index contributed by atoms with van der Waals surface area (Å²) < 4.78 is 0. The van der Waals surface area contributed by atoms with E-state index in [0.717, 1.165) is 17.0 Å². The third kappa shape index (κ3) is 3.59. The molecule has 5 nitrogen and oxygen atoms in total. The van der Waals surface area contributed by atoms with Gasteiger partial charge in [0, 0.05) is 18.1 Å². The molecule has 2 aromatic heterocycles. The molecule has 114 valence electrons. The zero-order valence-corrected chi connectivity index (χ0v) is 12.3. The van der Waals surface area contributed by atoms with Crippen molar-refractivity contribution in [1.29, 1.82) is 0 Å². The second kappa shape index (κ2) is 6.81. The van der Waals surface area contributed by atoms with E-state index in [4.69, 9.17) is 5.11 Å². The Morgan fingerprint density at radius 1 is 0.957 bits per heavy atom. The van der Waals surface area contributed by atoms with Gasteiger partial charge in [-0.2, -0.15) is 0 Å². The van der Waals surface area contributed by atoms with Crippen molar-refractivity contribution in [3.8, 4) is 11.4 Å². The van der Waals surface area contributed by atoms with Crippen LogP contribution < -0.4 is 5.32 Å². The van der Waals surface area contributed by atoms with Crippen LogP contribution in [-0.4, -0.2) is 21.0 Å². The molecule has 1 amide bonds.